The molecular formula is C12H26N2O. The van der Waals surface area contributed by atoms with Gasteiger partial charge in [0, 0.05) is 31.7 Å². The van der Waals surface area contributed by atoms with Crippen molar-refractivity contribution in [3.63, 3.8) is 0 Å². The van der Waals surface area contributed by atoms with Crippen molar-refractivity contribution in [2.75, 3.05) is 39.4 Å². The highest BCUT2D eigenvalue weighted by Gasteiger charge is 2.35. The van der Waals surface area contributed by atoms with Crippen LogP contribution in [-0.2, 0) is 4.74 Å². The summed E-state index contributed by atoms with van der Waals surface area (Å²) in [6.07, 6.45) is 1.12. The van der Waals surface area contributed by atoms with Crippen molar-refractivity contribution in [2.24, 2.45) is 17.1 Å². The molecule has 0 saturated carbocycles. The van der Waals surface area contributed by atoms with E-state index >= 15 is 0 Å². The minimum Gasteiger partial charge on any atom is -0.381 e. The summed E-state index contributed by atoms with van der Waals surface area (Å²) >= 11 is 0. The van der Waals surface area contributed by atoms with Crippen LogP contribution in [0, 0.1) is 11.3 Å². The molecule has 3 heteroatoms. The number of rotatable bonds is 6. The molecule has 1 unspecified atom stereocenters. The van der Waals surface area contributed by atoms with Crippen LogP contribution in [0.4, 0.5) is 0 Å². The average Bonchev–Trinajstić information content (AvgIpc) is 2.65. The third-order valence-electron chi connectivity index (χ3n) is 3.25. The highest BCUT2D eigenvalue weighted by Crippen LogP contribution is 2.28. The quantitative estimate of drug-likeness (QED) is 0.725. The van der Waals surface area contributed by atoms with E-state index in [9.17, 15) is 0 Å². The van der Waals surface area contributed by atoms with Crippen LogP contribution in [-0.4, -0.2) is 44.3 Å². The molecule has 0 radical (unpaired) electrons. The Morgan fingerprint density at radius 3 is 2.60 bits per heavy atom. The van der Waals surface area contributed by atoms with E-state index < -0.39 is 0 Å². The van der Waals surface area contributed by atoms with E-state index in [1.807, 2.05) is 0 Å². The van der Waals surface area contributed by atoms with Gasteiger partial charge in [-0.3, -0.25) is 0 Å². The molecule has 0 aromatic heterocycles. The van der Waals surface area contributed by atoms with Crippen LogP contribution >= 0.6 is 0 Å². The van der Waals surface area contributed by atoms with Crippen molar-refractivity contribution in [3.8, 4) is 0 Å². The maximum absolute atomic E-state index is 5.90. The van der Waals surface area contributed by atoms with Crippen molar-refractivity contribution in [1.29, 1.82) is 0 Å². The second-order valence-electron chi connectivity index (χ2n) is 5.23. The van der Waals surface area contributed by atoms with Gasteiger partial charge in [0.1, 0.15) is 0 Å². The molecule has 15 heavy (non-hydrogen) atoms. The number of ether oxygens (including phenoxy) is 1. The molecular weight excluding hydrogens is 188 g/mol. The predicted octanol–water partition coefficient (Wildman–Crippen LogP) is 1.33. The Balaban J connectivity index is 2.48. The minimum absolute atomic E-state index is 0.227. The van der Waals surface area contributed by atoms with Gasteiger partial charge in [0.25, 0.3) is 0 Å². The molecule has 0 amide bonds. The first-order valence-corrected chi connectivity index (χ1v) is 6.12. The molecule has 0 aliphatic carbocycles. The molecule has 1 fully saturated rings. The third-order valence-corrected chi connectivity index (χ3v) is 3.25. The molecule has 1 atom stereocenters. The molecule has 0 aromatic carbocycles. The van der Waals surface area contributed by atoms with E-state index in [2.05, 4.69) is 25.7 Å². The lowest BCUT2D eigenvalue weighted by molar-refractivity contribution is 0.111. The van der Waals surface area contributed by atoms with E-state index in [-0.39, 0.29) is 5.41 Å². The summed E-state index contributed by atoms with van der Waals surface area (Å²) in [5, 5.41) is 0. The van der Waals surface area contributed by atoms with Gasteiger partial charge in [0.2, 0.25) is 0 Å². The Morgan fingerprint density at radius 1 is 1.47 bits per heavy atom. The number of hydrogen-bond acceptors (Lipinski definition) is 3. The van der Waals surface area contributed by atoms with E-state index in [0.29, 0.717) is 0 Å². The van der Waals surface area contributed by atoms with E-state index in [0.717, 1.165) is 51.7 Å². The molecule has 0 aromatic rings. The Morgan fingerprint density at radius 2 is 2.20 bits per heavy atom. The van der Waals surface area contributed by atoms with E-state index in [1.165, 1.54) is 0 Å². The third kappa shape index (κ3) is 3.74. The van der Waals surface area contributed by atoms with Crippen LogP contribution < -0.4 is 5.73 Å². The smallest absolute Gasteiger partial charge is 0.0547 e. The lowest BCUT2D eigenvalue weighted by Gasteiger charge is -2.33. The average molecular weight is 214 g/mol. The summed E-state index contributed by atoms with van der Waals surface area (Å²) in [5.41, 5.74) is 6.12. The first kappa shape index (κ1) is 12.9. The first-order chi connectivity index (χ1) is 7.12. The van der Waals surface area contributed by atoms with E-state index in [1.54, 1.807) is 0 Å². The molecule has 1 aliphatic rings. The largest absolute Gasteiger partial charge is 0.381 e. The first-order valence-electron chi connectivity index (χ1n) is 6.12. The molecule has 1 saturated heterocycles. The minimum atomic E-state index is 0.227. The number of nitrogens with two attached hydrogens (primary N) is 1. The van der Waals surface area contributed by atoms with Gasteiger partial charge in [-0.15, -0.1) is 0 Å². The van der Waals surface area contributed by atoms with Crippen molar-refractivity contribution < 1.29 is 4.74 Å². The molecule has 2 N–H and O–H groups in total. The SMILES string of the molecule is CCN(CC(C)C)CC1(CN)CCOC1. The molecule has 3 nitrogen and oxygen atoms in total. The fourth-order valence-electron chi connectivity index (χ4n) is 2.30. The van der Waals surface area contributed by atoms with Crippen molar-refractivity contribution >= 4 is 0 Å². The Bertz CT molecular complexity index is 176. The molecule has 1 aliphatic heterocycles. The van der Waals surface area contributed by atoms with Gasteiger partial charge in [-0.2, -0.15) is 0 Å². The second-order valence-corrected chi connectivity index (χ2v) is 5.23. The lowest BCUT2D eigenvalue weighted by atomic mass is 9.86. The van der Waals surface area contributed by atoms with Crippen molar-refractivity contribution in [2.45, 2.75) is 27.2 Å². The lowest BCUT2D eigenvalue weighted by Crippen LogP contribution is -2.44. The fraction of sp³-hybridized carbons (Fsp3) is 1.00. The second kappa shape index (κ2) is 5.83. The summed E-state index contributed by atoms with van der Waals surface area (Å²) in [4.78, 5) is 2.51. The van der Waals surface area contributed by atoms with Gasteiger partial charge < -0.3 is 15.4 Å². The molecule has 90 valence electrons. The van der Waals surface area contributed by atoms with Gasteiger partial charge in [0.05, 0.1) is 6.61 Å². The van der Waals surface area contributed by atoms with Crippen LogP contribution in [0.25, 0.3) is 0 Å². The zero-order chi connectivity index (χ0) is 11.3. The monoisotopic (exact) mass is 214 g/mol. The van der Waals surface area contributed by atoms with Crippen LogP contribution in [0.2, 0.25) is 0 Å². The summed E-state index contributed by atoms with van der Waals surface area (Å²) < 4.78 is 5.50. The molecule has 0 spiro atoms. The topological polar surface area (TPSA) is 38.5 Å². The van der Waals surface area contributed by atoms with Crippen LogP contribution in [0.5, 0.6) is 0 Å². The van der Waals surface area contributed by atoms with Gasteiger partial charge in [-0.1, -0.05) is 20.8 Å². The number of nitrogens with zero attached hydrogens (tertiary/aromatic N) is 1. The Hall–Kier alpha value is -0.120. The van der Waals surface area contributed by atoms with E-state index in [4.69, 9.17) is 10.5 Å². The maximum atomic E-state index is 5.90. The standard InChI is InChI=1S/C12H26N2O/c1-4-14(7-11(2)3)9-12(8-13)5-6-15-10-12/h11H,4-10,13H2,1-3H3. The van der Waals surface area contributed by atoms with Crippen LogP contribution in [0.3, 0.4) is 0 Å². The summed E-state index contributed by atoms with van der Waals surface area (Å²) in [6, 6.07) is 0. The molecule has 1 heterocycles. The molecule has 1 rings (SSSR count). The normalized spacial score (nSPS) is 26.8. The molecule has 0 bridgehead atoms. The maximum Gasteiger partial charge on any atom is 0.0547 e. The van der Waals surface area contributed by atoms with Crippen molar-refractivity contribution in [1.82, 2.24) is 4.90 Å². The highest BCUT2D eigenvalue weighted by molar-refractivity contribution is 4.87. The summed E-state index contributed by atoms with van der Waals surface area (Å²) in [5.74, 6) is 0.724. The highest BCUT2D eigenvalue weighted by atomic mass is 16.5. The predicted molar refractivity (Wildman–Crippen MR) is 63.9 cm³/mol. The Kier molecular flexibility index (Phi) is 5.03. The number of hydrogen-bond donors (Lipinski definition) is 1. The fourth-order valence-corrected chi connectivity index (χ4v) is 2.30. The van der Waals surface area contributed by atoms with Gasteiger partial charge in [0.15, 0.2) is 0 Å². The van der Waals surface area contributed by atoms with Gasteiger partial charge >= 0.3 is 0 Å². The van der Waals surface area contributed by atoms with Gasteiger partial charge in [-0.05, 0) is 18.9 Å². The van der Waals surface area contributed by atoms with Crippen LogP contribution in [0.1, 0.15) is 27.2 Å². The van der Waals surface area contributed by atoms with Crippen LogP contribution in [0.15, 0.2) is 0 Å². The zero-order valence-corrected chi connectivity index (χ0v) is 10.5. The zero-order valence-electron chi connectivity index (χ0n) is 10.5. The van der Waals surface area contributed by atoms with Gasteiger partial charge in [-0.25, -0.2) is 0 Å². The van der Waals surface area contributed by atoms with Crippen molar-refractivity contribution in [3.05, 3.63) is 0 Å². The Labute approximate surface area is 94.0 Å². The summed E-state index contributed by atoms with van der Waals surface area (Å²) in [6.45, 7) is 12.6. The summed E-state index contributed by atoms with van der Waals surface area (Å²) in [7, 11) is 0.